The highest BCUT2D eigenvalue weighted by Crippen LogP contribution is 2.16. The number of hydrogen-bond donors (Lipinski definition) is 2. The van der Waals surface area contributed by atoms with Crippen LogP contribution in [0.3, 0.4) is 0 Å². The number of amides is 2. The molecule has 0 bridgehead atoms. The second-order valence-corrected chi connectivity index (χ2v) is 5.78. The molecular weight excluding hydrogens is 324 g/mol. The third-order valence-electron chi connectivity index (χ3n) is 3.52. The molecule has 0 spiro atoms. The van der Waals surface area contributed by atoms with Crippen molar-refractivity contribution in [3.8, 4) is 5.75 Å². The SMILES string of the molecule is CCCNC(=O)[C@@H](C)NC(=O)COC(=O)COc1ccc(C)c(C)c1. The molecule has 0 unspecified atom stereocenters. The summed E-state index contributed by atoms with van der Waals surface area (Å²) in [5.41, 5.74) is 2.18. The Morgan fingerprint density at radius 3 is 2.48 bits per heavy atom. The fourth-order valence-corrected chi connectivity index (χ4v) is 1.88. The maximum Gasteiger partial charge on any atom is 0.344 e. The summed E-state index contributed by atoms with van der Waals surface area (Å²) < 4.78 is 10.2. The van der Waals surface area contributed by atoms with Gasteiger partial charge in [-0.25, -0.2) is 4.79 Å². The summed E-state index contributed by atoms with van der Waals surface area (Å²) in [6, 6.07) is 4.80. The van der Waals surface area contributed by atoms with Gasteiger partial charge in [-0.1, -0.05) is 13.0 Å². The third kappa shape index (κ3) is 7.69. The summed E-state index contributed by atoms with van der Waals surface area (Å²) in [6.07, 6.45) is 0.810. The van der Waals surface area contributed by atoms with Crippen molar-refractivity contribution in [2.24, 2.45) is 0 Å². The molecule has 0 aliphatic rings. The fourth-order valence-electron chi connectivity index (χ4n) is 1.88. The number of carbonyl (C=O) groups is 3. The van der Waals surface area contributed by atoms with E-state index < -0.39 is 24.5 Å². The zero-order chi connectivity index (χ0) is 18.8. The van der Waals surface area contributed by atoms with Gasteiger partial charge in [-0.3, -0.25) is 9.59 Å². The smallest absolute Gasteiger partial charge is 0.344 e. The van der Waals surface area contributed by atoms with Crippen molar-refractivity contribution in [2.45, 2.75) is 40.2 Å². The first kappa shape index (κ1) is 20.5. The summed E-state index contributed by atoms with van der Waals surface area (Å²) >= 11 is 0. The van der Waals surface area contributed by atoms with Gasteiger partial charge in [0.25, 0.3) is 5.91 Å². The predicted molar refractivity (Wildman–Crippen MR) is 93.3 cm³/mol. The summed E-state index contributed by atoms with van der Waals surface area (Å²) in [4.78, 5) is 34.9. The van der Waals surface area contributed by atoms with Crippen molar-refractivity contribution in [1.82, 2.24) is 10.6 Å². The monoisotopic (exact) mass is 350 g/mol. The van der Waals surface area contributed by atoms with E-state index in [4.69, 9.17) is 9.47 Å². The summed E-state index contributed by atoms with van der Waals surface area (Å²) in [5, 5.41) is 5.13. The van der Waals surface area contributed by atoms with Crippen molar-refractivity contribution in [3.05, 3.63) is 29.3 Å². The van der Waals surface area contributed by atoms with Crippen LogP contribution in [0.4, 0.5) is 0 Å². The van der Waals surface area contributed by atoms with Crippen LogP contribution in [0.15, 0.2) is 18.2 Å². The number of carbonyl (C=O) groups excluding carboxylic acids is 3. The normalized spacial score (nSPS) is 11.4. The van der Waals surface area contributed by atoms with Gasteiger partial charge in [-0.05, 0) is 50.5 Å². The molecule has 1 aromatic carbocycles. The maximum atomic E-state index is 11.7. The summed E-state index contributed by atoms with van der Waals surface area (Å²) in [7, 11) is 0. The second-order valence-electron chi connectivity index (χ2n) is 5.78. The van der Waals surface area contributed by atoms with E-state index in [1.54, 1.807) is 13.0 Å². The van der Waals surface area contributed by atoms with Gasteiger partial charge >= 0.3 is 5.97 Å². The molecule has 2 N–H and O–H groups in total. The van der Waals surface area contributed by atoms with Crippen LogP contribution in [0.25, 0.3) is 0 Å². The number of ether oxygens (including phenoxy) is 2. The van der Waals surface area contributed by atoms with Crippen LogP contribution in [0.1, 0.15) is 31.4 Å². The highest BCUT2D eigenvalue weighted by atomic mass is 16.6. The lowest BCUT2D eigenvalue weighted by Crippen LogP contribution is -2.46. The number of aryl methyl sites for hydroxylation is 2. The maximum absolute atomic E-state index is 11.7. The van der Waals surface area contributed by atoms with E-state index in [0.29, 0.717) is 12.3 Å². The van der Waals surface area contributed by atoms with Gasteiger partial charge in [-0.2, -0.15) is 0 Å². The Morgan fingerprint density at radius 1 is 1.12 bits per heavy atom. The van der Waals surface area contributed by atoms with E-state index in [-0.39, 0.29) is 12.5 Å². The van der Waals surface area contributed by atoms with Crippen LogP contribution in [-0.4, -0.2) is 43.6 Å². The minimum atomic E-state index is -0.690. The minimum Gasteiger partial charge on any atom is -0.482 e. The van der Waals surface area contributed by atoms with Gasteiger partial charge in [0.2, 0.25) is 5.91 Å². The van der Waals surface area contributed by atoms with Gasteiger partial charge in [0.1, 0.15) is 11.8 Å². The Morgan fingerprint density at radius 2 is 1.84 bits per heavy atom. The number of rotatable bonds is 9. The van der Waals surface area contributed by atoms with E-state index in [1.807, 2.05) is 32.9 Å². The van der Waals surface area contributed by atoms with Crippen LogP contribution >= 0.6 is 0 Å². The number of hydrogen-bond acceptors (Lipinski definition) is 5. The Labute approximate surface area is 148 Å². The Balaban J connectivity index is 2.29. The number of nitrogens with one attached hydrogen (secondary N) is 2. The molecule has 0 heterocycles. The summed E-state index contributed by atoms with van der Waals surface area (Å²) in [6.45, 7) is 7.22. The first-order valence-electron chi connectivity index (χ1n) is 8.26. The standard InChI is InChI=1S/C18H26N2O5/c1-5-8-19-18(23)14(4)20-16(21)10-25-17(22)11-24-15-7-6-12(2)13(3)9-15/h6-7,9,14H,5,8,10-11H2,1-4H3,(H,19,23)(H,20,21)/t14-/m1/s1. The Bertz CT molecular complexity index is 615. The molecule has 1 aromatic rings. The van der Waals surface area contributed by atoms with Crippen molar-refractivity contribution in [3.63, 3.8) is 0 Å². The van der Waals surface area contributed by atoms with Gasteiger partial charge in [0.05, 0.1) is 0 Å². The van der Waals surface area contributed by atoms with E-state index >= 15 is 0 Å². The highest BCUT2D eigenvalue weighted by molar-refractivity contribution is 5.88. The zero-order valence-electron chi connectivity index (χ0n) is 15.2. The third-order valence-corrected chi connectivity index (χ3v) is 3.52. The largest absolute Gasteiger partial charge is 0.482 e. The molecule has 1 rings (SSSR count). The quantitative estimate of drug-likeness (QED) is 0.654. The Hall–Kier alpha value is -2.57. The zero-order valence-corrected chi connectivity index (χ0v) is 15.2. The lowest BCUT2D eigenvalue weighted by atomic mass is 10.1. The molecule has 138 valence electrons. The van der Waals surface area contributed by atoms with Crippen molar-refractivity contribution in [2.75, 3.05) is 19.8 Å². The lowest BCUT2D eigenvalue weighted by molar-refractivity contribution is -0.150. The molecule has 0 aliphatic carbocycles. The average molecular weight is 350 g/mol. The van der Waals surface area contributed by atoms with E-state index in [9.17, 15) is 14.4 Å². The molecule has 0 fully saturated rings. The second kappa shape index (κ2) is 10.3. The highest BCUT2D eigenvalue weighted by Gasteiger charge is 2.16. The van der Waals surface area contributed by atoms with Crippen LogP contribution in [0.5, 0.6) is 5.75 Å². The minimum absolute atomic E-state index is 0.278. The Kier molecular flexibility index (Phi) is 8.46. The van der Waals surface area contributed by atoms with Crippen molar-refractivity contribution in [1.29, 1.82) is 0 Å². The van der Waals surface area contributed by atoms with Gasteiger partial charge < -0.3 is 20.1 Å². The molecule has 1 atom stereocenters. The van der Waals surface area contributed by atoms with Crippen LogP contribution in [0, 0.1) is 13.8 Å². The number of benzene rings is 1. The van der Waals surface area contributed by atoms with E-state index in [2.05, 4.69) is 10.6 Å². The van der Waals surface area contributed by atoms with Crippen molar-refractivity contribution >= 4 is 17.8 Å². The van der Waals surface area contributed by atoms with Crippen molar-refractivity contribution < 1.29 is 23.9 Å². The lowest BCUT2D eigenvalue weighted by Gasteiger charge is -2.14. The van der Waals surface area contributed by atoms with Gasteiger partial charge in [-0.15, -0.1) is 0 Å². The van der Waals surface area contributed by atoms with E-state index in [1.165, 1.54) is 0 Å². The van der Waals surface area contributed by atoms with Crippen LogP contribution in [-0.2, 0) is 19.1 Å². The van der Waals surface area contributed by atoms with Gasteiger partial charge in [0, 0.05) is 6.54 Å². The van der Waals surface area contributed by atoms with Gasteiger partial charge in [0.15, 0.2) is 13.2 Å². The molecule has 0 saturated carbocycles. The molecular formula is C18H26N2O5. The first-order valence-corrected chi connectivity index (χ1v) is 8.26. The molecule has 0 saturated heterocycles. The van der Waals surface area contributed by atoms with Crippen LogP contribution < -0.4 is 15.4 Å². The molecule has 0 radical (unpaired) electrons. The predicted octanol–water partition coefficient (Wildman–Crippen LogP) is 1.26. The average Bonchev–Trinajstić information content (AvgIpc) is 2.58. The topological polar surface area (TPSA) is 93.7 Å². The fraction of sp³-hybridized carbons (Fsp3) is 0.500. The molecule has 2 amide bonds. The molecule has 7 heteroatoms. The van der Waals surface area contributed by atoms with E-state index in [0.717, 1.165) is 17.5 Å². The molecule has 0 aliphatic heterocycles. The summed E-state index contributed by atoms with van der Waals surface area (Å²) in [5.74, 6) is -0.916. The van der Waals surface area contributed by atoms with Crippen LogP contribution in [0.2, 0.25) is 0 Å². The molecule has 0 aromatic heterocycles. The molecule has 25 heavy (non-hydrogen) atoms. The first-order chi connectivity index (χ1) is 11.8. The molecule has 7 nitrogen and oxygen atoms in total. The number of esters is 1.